The Labute approximate surface area is 180 Å². The zero-order valence-corrected chi connectivity index (χ0v) is 17.7. The second kappa shape index (κ2) is 7.36. The van der Waals surface area contributed by atoms with Gasteiger partial charge < -0.3 is 5.73 Å². The summed E-state index contributed by atoms with van der Waals surface area (Å²) >= 11 is 0. The van der Waals surface area contributed by atoms with Crippen LogP contribution in [0.15, 0.2) is 60.9 Å². The maximum atomic E-state index is 6.14. The number of aromatic nitrogens is 6. The molecule has 0 unspecified atom stereocenters. The lowest BCUT2D eigenvalue weighted by molar-refractivity contribution is 0.776. The van der Waals surface area contributed by atoms with Gasteiger partial charge in [-0.2, -0.15) is 10.2 Å². The minimum atomic E-state index is 0.263. The Morgan fingerprint density at radius 2 is 1.84 bits per heavy atom. The molecule has 154 valence electrons. The van der Waals surface area contributed by atoms with Crippen molar-refractivity contribution < 1.29 is 0 Å². The van der Waals surface area contributed by atoms with Gasteiger partial charge in [-0.15, -0.1) is 0 Å². The van der Waals surface area contributed by atoms with Crippen molar-refractivity contribution >= 4 is 16.7 Å². The van der Waals surface area contributed by atoms with Crippen molar-refractivity contribution in [3.63, 3.8) is 0 Å². The van der Waals surface area contributed by atoms with Crippen LogP contribution in [-0.2, 0) is 7.05 Å². The largest absolute Gasteiger partial charge is 0.384 e. The number of aromatic amines is 1. The number of para-hydroxylation sites is 1. The molecule has 0 aliphatic rings. The summed E-state index contributed by atoms with van der Waals surface area (Å²) in [7, 11) is 1.94. The minimum absolute atomic E-state index is 0.263. The molecule has 0 radical (unpaired) electrons. The van der Waals surface area contributed by atoms with Crippen molar-refractivity contribution in [2.45, 2.75) is 19.8 Å². The van der Waals surface area contributed by atoms with Gasteiger partial charge in [0.15, 0.2) is 0 Å². The monoisotopic (exact) mass is 409 g/mol. The van der Waals surface area contributed by atoms with Crippen LogP contribution in [0.3, 0.4) is 0 Å². The zero-order valence-electron chi connectivity index (χ0n) is 17.7. The molecule has 3 N–H and O–H groups in total. The van der Waals surface area contributed by atoms with E-state index in [1.54, 1.807) is 6.20 Å². The van der Waals surface area contributed by atoms with Crippen LogP contribution < -0.4 is 5.73 Å². The number of H-pyrrole nitrogens is 1. The first-order chi connectivity index (χ1) is 15.0. The molecule has 0 bridgehead atoms. The van der Waals surface area contributed by atoms with Gasteiger partial charge in [0.25, 0.3) is 0 Å². The number of nitrogens with zero attached hydrogens (tertiary/aromatic N) is 5. The Morgan fingerprint density at radius 3 is 2.55 bits per heavy atom. The lowest BCUT2D eigenvalue weighted by atomic mass is 9.98. The molecule has 4 heterocycles. The average Bonchev–Trinajstić information content (AvgIpc) is 3.44. The van der Waals surface area contributed by atoms with Crippen molar-refractivity contribution in [1.82, 2.24) is 29.9 Å². The van der Waals surface area contributed by atoms with E-state index in [4.69, 9.17) is 10.7 Å². The molecule has 5 rings (SSSR count). The van der Waals surface area contributed by atoms with Gasteiger partial charge in [-0.3, -0.25) is 9.78 Å². The van der Waals surface area contributed by atoms with Crippen LogP contribution in [0.1, 0.15) is 25.5 Å². The van der Waals surface area contributed by atoms with E-state index in [0.717, 1.165) is 50.4 Å². The van der Waals surface area contributed by atoms with Crippen LogP contribution in [0.5, 0.6) is 0 Å². The van der Waals surface area contributed by atoms with E-state index in [1.165, 1.54) is 0 Å². The SMILES string of the molecule is CC(C)c1cc(-c2cc(-c3ccnn3C)c3cccc(-c4cc[nH]n4)c3n2)cc(N)n1. The molecule has 0 amide bonds. The minimum Gasteiger partial charge on any atom is -0.384 e. The number of rotatable bonds is 4. The molecular weight excluding hydrogens is 386 g/mol. The maximum absolute atomic E-state index is 6.14. The summed E-state index contributed by atoms with van der Waals surface area (Å²) in [6.45, 7) is 4.21. The Balaban J connectivity index is 1.85. The third-order valence-corrected chi connectivity index (χ3v) is 5.47. The summed E-state index contributed by atoms with van der Waals surface area (Å²) in [5.41, 5.74) is 13.6. The van der Waals surface area contributed by atoms with Crippen molar-refractivity contribution in [2.75, 3.05) is 5.73 Å². The normalized spacial score (nSPS) is 11.5. The number of aryl methyl sites for hydroxylation is 1. The van der Waals surface area contributed by atoms with Crippen molar-refractivity contribution in [2.24, 2.45) is 7.05 Å². The van der Waals surface area contributed by atoms with Crippen LogP contribution in [0.25, 0.3) is 44.7 Å². The molecule has 31 heavy (non-hydrogen) atoms. The molecule has 0 saturated carbocycles. The first kappa shape index (κ1) is 19.0. The summed E-state index contributed by atoms with van der Waals surface area (Å²) in [4.78, 5) is 9.56. The fraction of sp³-hybridized carbons (Fsp3) is 0.167. The molecule has 0 fully saturated rings. The smallest absolute Gasteiger partial charge is 0.124 e. The van der Waals surface area contributed by atoms with Crippen molar-refractivity contribution in [3.05, 3.63) is 66.6 Å². The van der Waals surface area contributed by atoms with E-state index in [9.17, 15) is 0 Å². The second-order valence-corrected chi connectivity index (χ2v) is 7.92. The highest BCUT2D eigenvalue weighted by Crippen LogP contribution is 2.36. The van der Waals surface area contributed by atoms with Gasteiger partial charge in [0, 0.05) is 47.2 Å². The number of nitrogen functional groups attached to an aromatic ring is 1. The highest BCUT2D eigenvalue weighted by molar-refractivity contribution is 6.02. The summed E-state index contributed by atoms with van der Waals surface area (Å²) in [6.07, 6.45) is 3.62. The third-order valence-electron chi connectivity index (χ3n) is 5.47. The van der Waals surface area contributed by atoms with E-state index in [2.05, 4.69) is 52.3 Å². The van der Waals surface area contributed by atoms with Gasteiger partial charge in [0.05, 0.1) is 22.6 Å². The second-order valence-electron chi connectivity index (χ2n) is 7.92. The molecule has 0 spiro atoms. The summed E-state index contributed by atoms with van der Waals surface area (Å²) in [5, 5.41) is 12.7. The Kier molecular flexibility index (Phi) is 4.51. The molecule has 0 saturated heterocycles. The number of hydrogen-bond acceptors (Lipinski definition) is 5. The number of pyridine rings is 2. The van der Waals surface area contributed by atoms with Gasteiger partial charge in [0.1, 0.15) is 5.82 Å². The lowest BCUT2D eigenvalue weighted by Gasteiger charge is -2.14. The number of nitrogens with two attached hydrogens (primary N) is 1. The number of anilines is 1. The molecular formula is C24H23N7. The number of fused-ring (bicyclic) bond motifs is 1. The van der Waals surface area contributed by atoms with Crippen molar-refractivity contribution in [3.8, 4) is 33.8 Å². The van der Waals surface area contributed by atoms with E-state index in [-0.39, 0.29) is 5.92 Å². The highest BCUT2D eigenvalue weighted by Gasteiger charge is 2.17. The molecule has 7 heteroatoms. The van der Waals surface area contributed by atoms with Gasteiger partial charge in [-0.25, -0.2) is 9.97 Å². The third kappa shape index (κ3) is 3.34. The molecule has 0 aliphatic carbocycles. The number of nitrogens with one attached hydrogen (secondary N) is 1. The molecule has 0 aliphatic heterocycles. The van der Waals surface area contributed by atoms with Crippen molar-refractivity contribution in [1.29, 1.82) is 0 Å². The van der Waals surface area contributed by atoms with E-state index >= 15 is 0 Å². The highest BCUT2D eigenvalue weighted by atomic mass is 15.3. The maximum Gasteiger partial charge on any atom is 0.124 e. The topological polar surface area (TPSA) is 98.3 Å². The average molecular weight is 409 g/mol. The quantitative estimate of drug-likeness (QED) is 0.444. The number of hydrogen-bond donors (Lipinski definition) is 2. The zero-order chi connectivity index (χ0) is 21.5. The lowest BCUT2D eigenvalue weighted by Crippen LogP contribution is -2.01. The standard InChI is InChI=1S/C24H23N7/c1-14(2)20-11-15(12-23(25)28-20)21-13-18(22-8-10-27-31(22)3)16-5-4-6-17(24(16)29-21)19-7-9-26-30-19/h4-14H,1-3H3,(H2,25,28)(H,26,30). The first-order valence-electron chi connectivity index (χ1n) is 10.2. The Morgan fingerprint density at radius 1 is 0.968 bits per heavy atom. The molecule has 1 aromatic carbocycles. The Hall–Kier alpha value is -4.00. The van der Waals surface area contributed by atoms with Gasteiger partial charge in [-0.05, 0) is 36.2 Å². The van der Waals surface area contributed by atoms with Crippen LogP contribution in [0.2, 0.25) is 0 Å². The van der Waals surface area contributed by atoms with Crippen LogP contribution in [-0.4, -0.2) is 29.9 Å². The molecule has 5 aromatic rings. The predicted molar refractivity (Wildman–Crippen MR) is 123 cm³/mol. The van der Waals surface area contributed by atoms with E-state index in [0.29, 0.717) is 5.82 Å². The Bertz CT molecular complexity index is 1380. The number of benzene rings is 1. The predicted octanol–water partition coefficient (Wildman–Crippen LogP) is 4.79. The molecule has 7 nitrogen and oxygen atoms in total. The van der Waals surface area contributed by atoms with Gasteiger partial charge in [0.2, 0.25) is 0 Å². The van der Waals surface area contributed by atoms with Crippen LogP contribution >= 0.6 is 0 Å². The molecule has 0 atom stereocenters. The molecule has 4 aromatic heterocycles. The summed E-state index contributed by atoms with van der Waals surface area (Å²) in [5.74, 6) is 0.754. The van der Waals surface area contributed by atoms with Crippen LogP contribution in [0, 0.1) is 0 Å². The van der Waals surface area contributed by atoms with E-state index in [1.807, 2.05) is 48.3 Å². The van der Waals surface area contributed by atoms with Crippen LogP contribution in [0.4, 0.5) is 5.82 Å². The fourth-order valence-corrected chi connectivity index (χ4v) is 3.88. The summed E-state index contributed by atoms with van der Waals surface area (Å²) < 4.78 is 1.88. The van der Waals surface area contributed by atoms with Gasteiger partial charge >= 0.3 is 0 Å². The first-order valence-corrected chi connectivity index (χ1v) is 10.2. The summed E-state index contributed by atoms with van der Waals surface area (Å²) in [6, 6.07) is 16.2. The fourth-order valence-electron chi connectivity index (χ4n) is 3.88. The van der Waals surface area contributed by atoms with E-state index < -0.39 is 0 Å². The van der Waals surface area contributed by atoms with Gasteiger partial charge in [-0.1, -0.05) is 32.0 Å².